The molecule has 0 spiro atoms. The van der Waals surface area contributed by atoms with E-state index >= 15 is 0 Å². The van der Waals surface area contributed by atoms with Crippen LogP contribution in [0, 0.1) is 0 Å². The van der Waals surface area contributed by atoms with Crippen molar-refractivity contribution in [1.29, 1.82) is 0 Å². The summed E-state index contributed by atoms with van der Waals surface area (Å²) in [6.07, 6.45) is 1.99. The van der Waals surface area contributed by atoms with E-state index in [1.165, 1.54) is 16.2 Å². The molecule has 0 saturated carbocycles. The van der Waals surface area contributed by atoms with Crippen molar-refractivity contribution in [3.63, 3.8) is 0 Å². The second-order valence-electron chi connectivity index (χ2n) is 6.91. The summed E-state index contributed by atoms with van der Waals surface area (Å²) in [5.41, 5.74) is 4.89. The number of H-pyrrole nitrogens is 2. The van der Waals surface area contributed by atoms with Crippen molar-refractivity contribution in [3.8, 4) is 11.4 Å². The second-order valence-corrected chi connectivity index (χ2v) is 6.91. The molecule has 0 amide bonds. The van der Waals surface area contributed by atoms with E-state index in [-0.39, 0.29) is 0 Å². The lowest BCUT2D eigenvalue weighted by Gasteiger charge is -2.05. The Balaban J connectivity index is 1.76. The molecule has 6 aromatic rings. The Morgan fingerprint density at radius 3 is 2.26 bits per heavy atom. The molecule has 0 saturated heterocycles. The molecule has 0 atom stereocenters. The molecule has 0 aliphatic carbocycles. The topological polar surface area (TPSA) is 44.5 Å². The van der Waals surface area contributed by atoms with Gasteiger partial charge in [0.15, 0.2) is 0 Å². The SMILES string of the molecule is [B]c1ccc2[nH]cc(-c3nc4c5ccccc5c5ccccc5c4[nH]3)c2c1. The Kier molecular flexibility index (Phi) is 2.84. The molecule has 0 bridgehead atoms. The molecule has 0 fully saturated rings. The third kappa shape index (κ3) is 2.01. The van der Waals surface area contributed by atoms with E-state index < -0.39 is 0 Å². The molecule has 3 nitrogen and oxygen atoms in total. The van der Waals surface area contributed by atoms with Crippen LogP contribution in [0.25, 0.3) is 54.9 Å². The zero-order chi connectivity index (χ0) is 18.0. The van der Waals surface area contributed by atoms with E-state index in [2.05, 4.69) is 58.5 Å². The first-order valence-corrected chi connectivity index (χ1v) is 8.96. The number of aromatic amines is 2. The van der Waals surface area contributed by atoms with Crippen molar-refractivity contribution in [3.05, 3.63) is 72.9 Å². The smallest absolute Gasteiger partial charge is 0.140 e. The summed E-state index contributed by atoms with van der Waals surface area (Å²) in [5.74, 6) is 0.850. The number of rotatable bonds is 1. The van der Waals surface area contributed by atoms with Crippen LogP contribution in [0.4, 0.5) is 0 Å². The van der Waals surface area contributed by atoms with Gasteiger partial charge >= 0.3 is 0 Å². The van der Waals surface area contributed by atoms with Crippen molar-refractivity contribution in [2.75, 3.05) is 0 Å². The van der Waals surface area contributed by atoms with E-state index in [4.69, 9.17) is 12.8 Å². The van der Waals surface area contributed by atoms with Crippen molar-refractivity contribution < 1.29 is 0 Å². The number of hydrogen-bond donors (Lipinski definition) is 2. The predicted octanol–water partition coefficient (Wildman–Crippen LogP) is 4.81. The minimum Gasteiger partial charge on any atom is -0.360 e. The number of benzene rings is 4. The van der Waals surface area contributed by atoms with E-state index in [9.17, 15) is 0 Å². The summed E-state index contributed by atoms with van der Waals surface area (Å²) >= 11 is 0. The van der Waals surface area contributed by atoms with Crippen LogP contribution in [0.15, 0.2) is 72.9 Å². The number of imidazole rings is 1. The van der Waals surface area contributed by atoms with Crippen LogP contribution in [0.3, 0.4) is 0 Å². The lowest BCUT2D eigenvalue weighted by molar-refractivity contribution is 1.34. The molecular weight excluding hydrogens is 329 g/mol. The summed E-state index contributed by atoms with van der Waals surface area (Å²) in [6, 6.07) is 22.8. The minimum absolute atomic E-state index is 0.746. The molecule has 0 aliphatic heterocycles. The van der Waals surface area contributed by atoms with Gasteiger partial charge in [-0.25, -0.2) is 4.98 Å². The third-order valence-corrected chi connectivity index (χ3v) is 5.33. The number of nitrogens with one attached hydrogen (secondary N) is 2. The summed E-state index contributed by atoms with van der Waals surface area (Å²) in [4.78, 5) is 11.9. The van der Waals surface area contributed by atoms with Crippen LogP contribution < -0.4 is 5.46 Å². The maximum absolute atomic E-state index is 6.01. The van der Waals surface area contributed by atoms with Gasteiger partial charge in [0.1, 0.15) is 13.7 Å². The molecule has 4 aromatic carbocycles. The quantitative estimate of drug-likeness (QED) is 0.327. The summed E-state index contributed by atoms with van der Waals surface area (Å²) in [7, 11) is 6.01. The highest BCUT2D eigenvalue weighted by molar-refractivity contribution is 6.33. The predicted molar refractivity (Wildman–Crippen MR) is 114 cm³/mol. The van der Waals surface area contributed by atoms with Gasteiger partial charge in [-0.1, -0.05) is 66.1 Å². The fourth-order valence-electron chi connectivity index (χ4n) is 4.09. The molecular formula is C23H14BN3. The van der Waals surface area contributed by atoms with Crippen LogP contribution >= 0.6 is 0 Å². The number of nitrogens with zero attached hydrogens (tertiary/aromatic N) is 1. The average molecular weight is 343 g/mol. The summed E-state index contributed by atoms with van der Waals surface area (Å²) in [6.45, 7) is 0. The van der Waals surface area contributed by atoms with Gasteiger partial charge in [0, 0.05) is 33.4 Å². The maximum Gasteiger partial charge on any atom is 0.140 e. The highest BCUT2D eigenvalue weighted by atomic mass is 14.9. The normalized spacial score (nSPS) is 11.9. The van der Waals surface area contributed by atoms with E-state index in [0.717, 1.165) is 44.2 Å². The van der Waals surface area contributed by atoms with Crippen molar-refractivity contribution in [2.24, 2.45) is 0 Å². The van der Waals surface area contributed by atoms with Crippen molar-refractivity contribution >= 4 is 56.8 Å². The minimum atomic E-state index is 0.746. The Hall–Kier alpha value is -3.53. The standard InChI is InChI=1S/C23H14BN3/c24-13-9-10-20-18(11-13)19(12-25-20)23-26-21-16-7-3-1-5-14(16)15-6-2-4-8-17(15)22(21)27-23/h1-12,25H,(H,26,27). The maximum atomic E-state index is 6.01. The second kappa shape index (κ2) is 5.24. The number of aromatic nitrogens is 3. The highest BCUT2D eigenvalue weighted by Crippen LogP contribution is 2.36. The zero-order valence-corrected chi connectivity index (χ0v) is 14.5. The van der Waals surface area contributed by atoms with Crippen LogP contribution in [0.2, 0.25) is 0 Å². The Labute approximate surface area is 156 Å². The number of hydrogen-bond acceptors (Lipinski definition) is 1. The van der Waals surface area contributed by atoms with E-state index in [1.807, 2.05) is 24.4 Å². The molecule has 27 heavy (non-hydrogen) atoms. The van der Waals surface area contributed by atoms with Gasteiger partial charge in [-0.15, -0.1) is 0 Å². The molecule has 0 aliphatic rings. The summed E-state index contributed by atoms with van der Waals surface area (Å²) in [5, 5.41) is 5.88. The first kappa shape index (κ1) is 14.6. The van der Waals surface area contributed by atoms with Crippen LogP contribution in [-0.2, 0) is 0 Å². The summed E-state index contributed by atoms with van der Waals surface area (Å²) < 4.78 is 0. The van der Waals surface area contributed by atoms with Gasteiger partial charge in [0.2, 0.25) is 0 Å². The Bertz CT molecular complexity index is 1420. The lowest BCUT2D eigenvalue weighted by Crippen LogP contribution is -1.99. The van der Waals surface area contributed by atoms with Crippen LogP contribution in [0.5, 0.6) is 0 Å². The molecule has 4 heteroatoms. The Morgan fingerprint density at radius 1 is 0.741 bits per heavy atom. The molecule has 2 aromatic heterocycles. The monoisotopic (exact) mass is 343 g/mol. The lowest BCUT2D eigenvalue weighted by atomic mass is 9.94. The largest absolute Gasteiger partial charge is 0.360 e. The first-order chi connectivity index (χ1) is 13.3. The molecule has 6 rings (SSSR count). The fraction of sp³-hybridized carbons (Fsp3) is 0. The van der Waals surface area contributed by atoms with E-state index in [0.29, 0.717) is 0 Å². The zero-order valence-electron chi connectivity index (χ0n) is 14.5. The highest BCUT2D eigenvalue weighted by Gasteiger charge is 2.15. The van der Waals surface area contributed by atoms with Gasteiger partial charge in [0.25, 0.3) is 0 Å². The van der Waals surface area contributed by atoms with Gasteiger partial charge in [-0.3, -0.25) is 0 Å². The van der Waals surface area contributed by atoms with Crippen LogP contribution in [0.1, 0.15) is 0 Å². The molecule has 0 unspecified atom stereocenters. The van der Waals surface area contributed by atoms with Crippen LogP contribution in [-0.4, -0.2) is 22.8 Å². The molecule has 2 N–H and O–H groups in total. The average Bonchev–Trinajstić information content (AvgIpc) is 3.32. The molecule has 2 heterocycles. The van der Waals surface area contributed by atoms with Gasteiger partial charge in [-0.2, -0.15) is 0 Å². The van der Waals surface area contributed by atoms with Crippen molar-refractivity contribution in [1.82, 2.24) is 15.0 Å². The molecule has 124 valence electrons. The Morgan fingerprint density at radius 2 is 1.44 bits per heavy atom. The van der Waals surface area contributed by atoms with E-state index in [1.54, 1.807) is 0 Å². The first-order valence-electron chi connectivity index (χ1n) is 8.96. The van der Waals surface area contributed by atoms with Crippen molar-refractivity contribution in [2.45, 2.75) is 0 Å². The van der Waals surface area contributed by atoms with Gasteiger partial charge in [0.05, 0.1) is 11.0 Å². The van der Waals surface area contributed by atoms with Gasteiger partial charge in [-0.05, 0) is 16.8 Å². The third-order valence-electron chi connectivity index (χ3n) is 5.33. The number of fused-ring (bicyclic) bond motifs is 7. The fourth-order valence-corrected chi connectivity index (χ4v) is 4.09. The molecule has 2 radical (unpaired) electrons. The van der Waals surface area contributed by atoms with Gasteiger partial charge < -0.3 is 9.97 Å².